The number of carbonyl (C=O) groups is 2. The largest absolute Gasteiger partial charge is 0.480 e. The Morgan fingerprint density at radius 3 is 2.61 bits per heavy atom. The SMILES string of the molecule is C[C@H](N)c1nc2cccc(Cl)c2c(=O)n1-c1cccc(NC(=O)Nc2ccccc2OCC(=O)O)c1. The van der Waals surface area contributed by atoms with E-state index in [1.54, 1.807) is 73.7 Å². The molecule has 4 aromatic rings. The Balaban J connectivity index is 1.64. The summed E-state index contributed by atoms with van der Waals surface area (Å²) in [5, 5.41) is 14.7. The van der Waals surface area contributed by atoms with Gasteiger partial charge >= 0.3 is 12.0 Å². The Bertz CT molecular complexity index is 1520. The van der Waals surface area contributed by atoms with E-state index in [-0.39, 0.29) is 27.4 Å². The lowest BCUT2D eigenvalue weighted by atomic mass is 10.2. The predicted octanol–water partition coefficient (Wildman–Crippen LogP) is 4.17. The standard InChI is InChI=1S/C25H22ClN5O5/c1-14(27)23-29-19-10-5-8-17(26)22(19)24(34)31(23)16-7-4-6-15(12-16)28-25(35)30-18-9-2-3-11-20(18)36-13-21(32)33/h2-12,14H,13,27H2,1H3,(H,32,33)(H2,28,30,35)/t14-/m0/s1. The zero-order chi connectivity index (χ0) is 25.8. The van der Waals surface area contributed by atoms with Crippen LogP contribution in [0.2, 0.25) is 5.02 Å². The number of para-hydroxylation sites is 2. The smallest absolute Gasteiger partial charge is 0.341 e. The summed E-state index contributed by atoms with van der Waals surface area (Å²) in [6.45, 7) is 1.16. The van der Waals surface area contributed by atoms with Crippen LogP contribution in [-0.4, -0.2) is 33.3 Å². The molecule has 0 spiro atoms. The van der Waals surface area contributed by atoms with Gasteiger partial charge in [-0.25, -0.2) is 14.6 Å². The average molecular weight is 508 g/mol. The summed E-state index contributed by atoms with van der Waals surface area (Å²) < 4.78 is 6.58. The minimum Gasteiger partial charge on any atom is -0.480 e. The van der Waals surface area contributed by atoms with Crippen molar-refractivity contribution in [1.82, 2.24) is 9.55 Å². The van der Waals surface area contributed by atoms with Crippen LogP contribution < -0.4 is 26.7 Å². The van der Waals surface area contributed by atoms with E-state index < -0.39 is 24.6 Å². The number of ether oxygens (including phenoxy) is 1. The second-order valence-electron chi connectivity index (χ2n) is 7.84. The van der Waals surface area contributed by atoms with Gasteiger partial charge in [0, 0.05) is 5.69 Å². The highest BCUT2D eigenvalue weighted by Gasteiger charge is 2.18. The molecule has 10 nitrogen and oxygen atoms in total. The number of hydrogen-bond donors (Lipinski definition) is 4. The van der Waals surface area contributed by atoms with E-state index in [0.717, 1.165) is 0 Å². The molecule has 0 radical (unpaired) electrons. The number of aromatic nitrogens is 2. The third kappa shape index (κ3) is 5.29. The van der Waals surface area contributed by atoms with Gasteiger partial charge in [0.1, 0.15) is 11.6 Å². The number of nitrogens with two attached hydrogens (primary N) is 1. The van der Waals surface area contributed by atoms with Crippen LogP contribution in [0.3, 0.4) is 0 Å². The number of urea groups is 1. The lowest BCUT2D eigenvalue weighted by molar-refractivity contribution is -0.139. The summed E-state index contributed by atoms with van der Waals surface area (Å²) >= 11 is 6.29. The maximum atomic E-state index is 13.4. The normalized spacial score (nSPS) is 11.6. The Morgan fingerprint density at radius 1 is 1.11 bits per heavy atom. The summed E-state index contributed by atoms with van der Waals surface area (Å²) in [5.74, 6) is -0.603. The molecule has 36 heavy (non-hydrogen) atoms. The van der Waals surface area contributed by atoms with Crippen LogP contribution in [0, 0.1) is 0 Å². The lowest BCUT2D eigenvalue weighted by Crippen LogP contribution is -2.28. The molecule has 1 aromatic heterocycles. The zero-order valence-electron chi connectivity index (χ0n) is 19.1. The van der Waals surface area contributed by atoms with Gasteiger partial charge in [0.25, 0.3) is 5.56 Å². The second kappa shape index (κ2) is 10.5. The molecule has 1 atom stereocenters. The summed E-state index contributed by atoms with van der Waals surface area (Å²) in [4.78, 5) is 41.5. The van der Waals surface area contributed by atoms with Crippen molar-refractivity contribution in [3.8, 4) is 11.4 Å². The number of anilines is 2. The molecule has 1 heterocycles. The number of carboxylic acid groups (broad SMARTS) is 1. The molecular weight excluding hydrogens is 486 g/mol. The van der Waals surface area contributed by atoms with E-state index >= 15 is 0 Å². The number of hydrogen-bond acceptors (Lipinski definition) is 6. The van der Waals surface area contributed by atoms with Gasteiger partial charge in [-0.05, 0) is 49.4 Å². The predicted molar refractivity (Wildman–Crippen MR) is 137 cm³/mol. The molecule has 0 saturated heterocycles. The molecule has 3 aromatic carbocycles. The first kappa shape index (κ1) is 24.7. The number of carboxylic acids is 1. The van der Waals surface area contributed by atoms with Gasteiger partial charge in [-0.15, -0.1) is 0 Å². The van der Waals surface area contributed by atoms with Crippen molar-refractivity contribution in [2.75, 3.05) is 17.2 Å². The third-order valence-electron chi connectivity index (χ3n) is 5.13. The highest BCUT2D eigenvalue weighted by atomic mass is 35.5. The van der Waals surface area contributed by atoms with Crippen LogP contribution in [0.1, 0.15) is 18.8 Å². The van der Waals surface area contributed by atoms with Crippen LogP contribution in [-0.2, 0) is 4.79 Å². The van der Waals surface area contributed by atoms with Crippen LogP contribution in [0.4, 0.5) is 16.2 Å². The van der Waals surface area contributed by atoms with Gasteiger partial charge in [-0.1, -0.05) is 35.9 Å². The number of benzene rings is 3. The molecule has 4 rings (SSSR count). The maximum absolute atomic E-state index is 13.4. The molecule has 11 heteroatoms. The lowest BCUT2D eigenvalue weighted by Gasteiger charge is -2.17. The number of rotatable bonds is 7. The van der Waals surface area contributed by atoms with Crippen LogP contribution >= 0.6 is 11.6 Å². The van der Waals surface area contributed by atoms with E-state index in [2.05, 4.69) is 15.6 Å². The molecule has 0 bridgehead atoms. The minimum absolute atomic E-state index is 0.205. The molecule has 0 unspecified atom stereocenters. The Morgan fingerprint density at radius 2 is 1.86 bits per heavy atom. The number of nitrogens with one attached hydrogen (secondary N) is 2. The average Bonchev–Trinajstić information content (AvgIpc) is 2.83. The summed E-state index contributed by atoms with van der Waals surface area (Å²) in [6.07, 6.45) is 0. The van der Waals surface area contributed by atoms with Gasteiger partial charge < -0.3 is 26.2 Å². The molecule has 184 valence electrons. The van der Waals surface area contributed by atoms with Gasteiger partial charge in [0.2, 0.25) is 0 Å². The molecule has 0 aliphatic heterocycles. The molecule has 0 aliphatic rings. The number of fused-ring (bicyclic) bond motifs is 1. The number of carbonyl (C=O) groups excluding carboxylic acids is 1. The second-order valence-corrected chi connectivity index (χ2v) is 8.25. The number of amides is 2. The zero-order valence-corrected chi connectivity index (χ0v) is 19.8. The number of aliphatic carboxylic acids is 1. The Labute approximate surface area is 210 Å². The first-order valence-electron chi connectivity index (χ1n) is 10.8. The van der Waals surface area contributed by atoms with Crippen molar-refractivity contribution in [3.63, 3.8) is 0 Å². The van der Waals surface area contributed by atoms with Gasteiger partial charge in [-0.3, -0.25) is 9.36 Å². The van der Waals surface area contributed by atoms with Crippen LogP contribution in [0.25, 0.3) is 16.6 Å². The van der Waals surface area contributed by atoms with E-state index in [1.807, 2.05) is 0 Å². The monoisotopic (exact) mass is 507 g/mol. The van der Waals surface area contributed by atoms with Crippen molar-refractivity contribution < 1.29 is 19.4 Å². The quantitative estimate of drug-likeness (QED) is 0.293. The van der Waals surface area contributed by atoms with E-state index in [1.165, 1.54) is 4.57 Å². The van der Waals surface area contributed by atoms with Crippen molar-refractivity contribution in [1.29, 1.82) is 0 Å². The maximum Gasteiger partial charge on any atom is 0.341 e. The topological polar surface area (TPSA) is 149 Å². The van der Waals surface area contributed by atoms with Gasteiger partial charge in [0.05, 0.1) is 33.3 Å². The van der Waals surface area contributed by atoms with Crippen molar-refractivity contribution in [3.05, 3.63) is 87.9 Å². The van der Waals surface area contributed by atoms with E-state index in [0.29, 0.717) is 22.7 Å². The van der Waals surface area contributed by atoms with Crippen LogP contribution in [0.15, 0.2) is 71.5 Å². The first-order valence-corrected chi connectivity index (χ1v) is 11.2. The van der Waals surface area contributed by atoms with Crippen LogP contribution in [0.5, 0.6) is 5.75 Å². The summed E-state index contributed by atoms with van der Waals surface area (Å²) in [7, 11) is 0. The fourth-order valence-electron chi connectivity index (χ4n) is 3.60. The molecule has 0 fully saturated rings. The molecule has 5 N–H and O–H groups in total. The number of halogens is 1. The number of nitrogens with zero attached hydrogens (tertiary/aromatic N) is 2. The first-order chi connectivity index (χ1) is 17.2. The summed E-state index contributed by atoms with van der Waals surface area (Å²) in [6, 6.07) is 16.9. The molecule has 0 aliphatic carbocycles. The minimum atomic E-state index is -1.14. The highest BCUT2D eigenvalue weighted by Crippen LogP contribution is 2.25. The fourth-order valence-corrected chi connectivity index (χ4v) is 3.85. The van der Waals surface area contributed by atoms with Gasteiger partial charge in [0.15, 0.2) is 6.61 Å². The molecular formula is C25H22ClN5O5. The fraction of sp³-hybridized carbons (Fsp3) is 0.120. The third-order valence-corrected chi connectivity index (χ3v) is 5.44. The van der Waals surface area contributed by atoms with Gasteiger partial charge in [-0.2, -0.15) is 0 Å². The van der Waals surface area contributed by atoms with Crippen molar-refractivity contribution in [2.45, 2.75) is 13.0 Å². The Kier molecular flexibility index (Phi) is 7.18. The van der Waals surface area contributed by atoms with E-state index in [4.69, 9.17) is 27.2 Å². The molecule has 0 saturated carbocycles. The summed E-state index contributed by atoms with van der Waals surface area (Å²) in [5.41, 5.74) is 7.29. The van der Waals surface area contributed by atoms with Crippen molar-refractivity contribution >= 4 is 45.9 Å². The van der Waals surface area contributed by atoms with E-state index in [9.17, 15) is 14.4 Å². The van der Waals surface area contributed by atoms with Crippen molar-refractivity contribution in [2.24, 2.45) is 5.73 Å². The highest BCUT2D eigenvalue weighted by molar-refractivity contribution is 6.35. The Hall–Kier alpha value is -4.41. The molecule has 2 amide bonds.